The molecule has 3 heteroatoms. The maximum Gasteiger partial charge on any atom is 0.226 e. The number of nitrogens with zero attached hydrogens (tertiary/aromatic N) is 1. The quantitative estimate of drug-likeness (QED) is 0.363. The van der Waals surface area contributed by atoms with Gasteiger partial charge in [-0.25, -0.2) is 0 Å². The summed E-state index contributed by atoms with van der Waals surface area (Å²) in [6.45, 7) is 3.54. The van der Waals surface area contributed by atoms with Gasteiger partial charge in [-0.15, -0.1) is 0 Å². The standard InChI is InChI=1S/C25H33NO2/c1-3-4-5-6-7-11-20-28-24-16-14-23(15-17-24)21-25(27)26(2)19-18-22-12-9-8-10-13-22/h7-17H,3-6,18-21H2,1-2H3/b11-7-. The van der Waals surface area contributed by atoms with E-state index in [1.807, 2.05) is 49.5 Å². The van der Waals surface area contributed by atoms with Gasteiger partial charge in [0.25, 0.3) is 0 Å². The maximum absolute atomic E-state index is 12.4. The van der Waals surface area contributed by atoms with Gasteiger partial charge in [0.15, 0.2) is 0 Å². The van der Waals surface area contributed by atoms with Crippen molar-refractivity contribution < 1.29 is 9.53 Å². The molecule has 28 heavy (non-hydrogen) atoms. The van der Waals surface area contributed by atoms with Crippen LogP contribution in [-0.4, -0.2) is 31.0 Å². The maximum atomic E-state index is 12.4. The first-order valence-electron chi connectivity index (χ1n) is 10.3. The van der Waals surface area contributed by atoms with E-state index in [0.29, 0.717) is 13.0 Å². The highest BCUT2D eigenvalue weighted by molar-refractivity contribution is 5.78. The van der Waals surface area contributed by atoms with Crippen LogP contribution in [0, 0.1) is 0 Å². The lowest BCUT2D eigenvalue weighted by Gasteiger charge is -2.17. The van der Waals surface area contributed by atoms with E-state index < -0.39 is 0 Å². The largest absolute Gasteiger partial charge is 0.490 e. The van der Waals surface area contributed by atoms with Crippen molar-refractivity contribution in [2.45, 2.75) is 45.4 Å². The molecule has 0 aromatic heterocycles. The van der Waals surface area contributed by atoms with Crippen molar-refractivity contribution >= 4 is 5.91 Å². The van der Waals surface area contributed by atoms with Crippen LogP contribution in [0.2, 0.25) is 0 Å². The number of carbonyl (C=O) groups is 1. The molecule has 0 heterocycles. The molecule has 0 radical (unpaired) electrons. The molecule has 0 saturated carbocycles. The summed E-state index contributed by atoms with van der Waals surface area (Å²) in [7, 11) is 1.87. The second-order valence-corrected chi connectivity index (χ2v) is 7.15. The van der Waals surface area contributed by atoms with Gasteiger partial charge < -0.3 is 9.64 Å². The van der Waals surface area contributed by atoms with E-state index in [-0.39, 0.29) is 5.91 Å². The Hall–Kier alpha value is -2.55. The van der Waals surface area contributed by atoms with E-state index in [4.69, 9.17) is 4.74 Å². The van der Waals surface area contributed by atoms with Gasteiger partial charge in [-0.05, 0) is 42.5 Å². The number of hydrogen-bond donors (Lipinski definition) is 0. The Bertz CT molecular complexity index is 707. The molecule has 0 bridgehead atoms. The minimum Gasteiger partial charge on any atom is -0.490 e. The lowest BCUT2D eigenvalue weighted by molar-refractivity contribution is -0.129. The van der Waals surface area contributed by atoms with Crippen molar-refractivity contribution in [3.63, 3.8) is 0 Å². The van der Waals surface area contributed by atoms with Crippen LogP contribution in [0.1, 0.15) is 43.7 Å². The topological polar surface area (TPSA) is 29.5 Å². The molecule has 0 aliphatic carbocycles. The first-order valence-corrected chi connectivity index (χ1v) is 10.3. The van der Waals surface area contributed by atoms with E-state index in [2.05, 4.69) is 31.2 Å². The molecule has 0 aliphatic heterocycles. The molecule has 2 aromatic carbocycles. The molecule has 3 nitrogen and oxygen atoms in total. The number of carbonyl (C=O) groups excluding carboxylic acids is 1. The number of hydrogen-bond acceptors (Lipinski definition) is 2. The van der Waals surface area contributed by atoms with Crippen LogP contribution in [0.5, 0.6) is 5.75 Å². The Morgan fingerprint density at radius 3 is 2.43 bits per heavy atom. The van der Waals surface area contributed by atoms with Crippen LogP contribution in [0.3, 0.4) is 0 Å². The molecule has 2 aromatic rings. The van der Waals surface area contributed by atoms with Crippen molar-refractivity contribution in [1.29, 1.82) is 0 Å². The average Bonchev–Trinajstić information content (AvgIpc) is 2.73. The molecule has 0 unspecified atom stereocenters. The van der Waals surface area contributed by atoms with Crippen molar-refractivity contribution in [1.82, 2.24) is 4.90 Å². The van der Waals surface area contributed by atoms with E-state index in [1.165, 1.54) is 24.8 Å². The Balaban J connectivity index is 1.70. The van der Waals surface area contributed by atoms with Crippen molar-refractivity contribution in [3.8, 4) is 5.75 Å². The summed E-state index contributed by atoms with van der Waals surface area (Å²) >= 11 is 0. The van der Waals surface area contributed by atoms with Gasteiger partial charge in [-0.3, -0.25) is 4.79 Å². The van der Waals surface area contributed by atoms with Crippen molar-refractivity contribution in [3.05, 3.63) is 77.9 Å². The average molecular weight is 380 g/mol. The lowest BCUT2D eigenvalue weighted by atomic mass is 10.1. The minimum absolute atomic E-state index is 0.139. The molecule has 0 fully saturated rings. The monoisotopic (exact) mass is 379 g/mol. The van der Waals surface area contributed by atoms with Gasteiger partial charge in [0, 0.05) is 13.6 Å². The molecule has 0 saturated heterocycles. The second kappa shape index (κ2) is 12.8. The number of amides is 1. The molecule has 1 amide bonds. The third-order valence-electron chi connectivity index (χ3n) is 4.77. The zero-order valence-electron chi connectivity index (χ0n) is 17.3. The highest BCUT2D eigenvalue weighted by atomic mass is 16.5. The molecular formula is C25H33NO2. The Labute approximate surface area is 170 Å². The van der Waals surface area contributed by atoms with Crippen molar-refractivity contribution in [2.24, 2.45) is 0 Å². The molecule has 0 N–H and O–H groups in total. The molecule has 0 atom stereocenters. The van der Waals surface area contributed by atoms with Crippen LogP contribution >= 0.6 is 0 Å². The Kier molecular flexibility index (Phi) is 9.92. The molecular weight excluding hydrogens is 346 g/mol. The fraction of sp³-hybridized carbons (Fsp3) is 0.400. The zero-order chi connectivity index (χ0) is 20.0. The van der Waals surface area contributed by atoms with Gasteiger partial charge in [-0.2, -0.15) is 0 Å². The summed E-state index contributed by atoms with van der Waals surface area (Å²) < 4.78 is 5.73. The third kappa shape index (κ3) is 8.43. The van der Waals surface area contributed by atoms with Crippen LogP contribution < -0.4 is 4.74 Å². The summed E-state index contributed by atoms with van der Waals surface area (Å²) in [5, 5.41) is 0. The molecule has 2 rings (SSSR count). The fourth-order valence-corrected chi connectivity index (χ4v) is 2.92. The lowest BCUT2D eigenvalue weighted by Crippen LogP contribution is -2.30. The van der Waals surface area contributed by atoms with E-state index in [9.17, 15) is 4.79 Å². The SMILES string of the molecule is CCCCC/C=C\COc1ccc(CC(=O)N(C)CCc2ccccc2)cc1. The molecule has 0 aliphatic rings. The summed E-state index contributed by atoms with van der Waals surface area (Å²) in [6.07, 6.45) is 10.5. The van der Waals surface area contributed by atoms with Crippen molar-refractivity contribution in [2.75, 3.05) is 20.2 Å². The first-order chi connectivity index (χ1) is 13.7. The van der Waals surface area contributed by atoms with Crippen LogP contribution in [0.4, 0.5) is 0 Å². The molecule has 0 spiro atoms. The van der Waals surface area contributed by atoms with E-state index >= 15 is 0 Å². The Morgan fingerprint density at radius 1 is 0.964 bits per heavy atom. The van der Waals surface area contributed by atoms with Crippen LogP contribution in [-0.2, 0) is 17.6 Å². The smallest absolute Gasteiger partial charge is 0.226 e. The zero-order valence-corrected chi connectivity index (χ0v) is 17.3. The first kappa shape index (κ1) is 21.7. The summed E-state index contributed by atoms with van der Waals surface area (Å²) in [5.74, 6) is 0.978. The number of likely N-dealkylation sites (N-methyl/N-ethyl adjacent to an activating group) is 1. The third-order valence-corrected chi connectivity index (χ3v) is 4.77. The van der Waals surface area contributed by atoms with Crippen LogP contribution in [0.15, 0.2) is 66.7 Å². The number of rotatable bonds is 12. The normalized spacial score (nSPS) is 10.9. The van der Waals surface area contributed by atoms with Gasteiger partial charge in [0.05, 0.1) is 6.42 Å². The number of allylic oxidation sites excluding steroid dienone is 1. The number of ether oxygens (including phenoxy) is 1. The Morgan fingerprint density at radius 2 is 1.71 bits per heavy atom. The van der Waals surface area contributed by atoms with E-state index in [1.54, 1.807) is 4.90 Å². The van der Waals surface area contributed by atoms with Gasteiger partial charge in [0.1, 0.15) is 12.4 Å². The fourth-order valence-electron chi connectivity index (χ4n) is 2.92. The highest BCUT2D eigenvalue weighted by Crippen LogP contribution is 2.13. The highest BCUT2D eigenvalue weighted by Gasteiger charge is 2.09. The van der Waals surface area contributed by atoms with Gasteiger partial charge >= 0.3 is 0 Å². The summed E-state index contributed by atoms with van der Waals surface area (Å²) in [5.41, 5.74) is 2.27. The number of benzene rings is 2. The molecule has 150 valence electrons. The van der Waals surface area contributed by atoms with Gasteiger partial charge in [0.2, 0.25) is 5.91 Å². The van der Waals surface area contributed by atoms with Gasteiger partial charge in [-0.1, -0.05) is 74.4 Å². The number of unbranched alkanes of at least 4 members (excludes halogenated alkanes) is 3. The predicted molar refractivity (Wildman–Crippen MR) is 117 cm³/mol. The summed E-state index contributed by atoms with van der Waals surface area (Å²) in [6, 6.07) is 18.1. The van der Waals surface area contributed by atoms with Crippen LogP contribution in [0.25, 0.3) is 0 Å². The second-order valence-electron chi connectivity index (χ2n) is 7.15. The summed E-state index contributed by atoms with van der Waals surface area (Å²) in [4.78, 5) is 14.2. The minimum atomic E-state index is 0.139. The predicted octanol–water partition coefficient (Wildman–Crippen LogP) is 5.45. The van der Waals surface area contributed by atoms with E-state index in [0.717, 1.165) is 30.7 Å².